The maximum Gasteiger partial charge on any atom is 0.241 e. The molecule has 4 amide bonds. The molecule has 5 aromatic rings. The number of imide groups is 2. The van der Waals surface area contributed by atoms with E-state index in [2.05, 4.69) is 10.2 Å². The van der Waals surface area contributed by atoms with Gasteiger partial charge < -0.3 is 10.0 Å². The predicted octanol–water partition coefficient (Wildman–Crippen LogP) is 9.25. The van der Waals surface area contributed by atoms with Crippen molar-refractivity contribution < 1.29 is 28.7 Å². The van der Waals surface area contributed by atoms with Gasteiger partial charge in [-0.2, -0.15) is 10.2 Å². The van der Waals surface area contributed by atoms with Gasteiger partial charge in [0.2, 0.25) is 23.6 Å². The molecule has 2 saturated heterocycles. The average molecular weight is 782 g/mol. The third kappa shape index (κ3) is 5.58. The second-order valence-electron chi connectivity index (χ2n) is 15.6. The van der Waals surface area contributed by atoms with Gasteiger partial charge in [-0.3, -0.25) is 24.1 Å². The molecule has 1 saturated carbocycles. The summed E-state index contributed by atoms with van der Waals surface area (Å²) in [5, 5.41) is 21.6. The average Bonchev–Trinajstić information content (AvgIpc) is 3.58. The summed E-state index contributed by atoms with van der Waals surface area (Å²) in [5.41, 5.74) is 2.56. The molecule has 12 heteroatoms. The first-order valence-electron chi connectivity index (χ1n) is 18.8. The Morgan fingerprint density at radius 2 is 1.46 bits per heavy atom. The second-order valence-corrected chi connectivity index (χ2v) is 16.0. The lowest BCUT2D eigenvalue weighted by Gasteiger charge is -2.49. The lowest BCUT2D eigenvalue weighted by atomic mass is 9.51. The molecule has 0 spiro atoms. The standard InChI is InChI=1S/C45H37ClFN5O5/c1-45-34(42(55)52(44(45)57)29-17-20-36(47)35(46)22-29)23-33-31(40(45)39-30-7-5-4-6-24(30)8-21-37(39)53)18-19-32-38(33)43(56)51(41(32)54)28-15-11-26(12-16-28)49-48-25-9-13-27(14-10-25)50(2)3/h4-18,20-22,32-34,38,40,53H,19,23H2,1-3H3/t32-,33+,34-,38-,40+,45+/m0/s1. The fraction of sp³-hybridized carbons (Fsp3) is 0.244. The minimum atomic E-state index is -1.42. The number of rotatable bonds is 6. The van der Waals surface area contributed by atoms with E-state index in [-0.39, 0.29) is 41.1 Å². The van der Waals surface area contributed by atoms with Crippen LogP contribution in [0.25, 0.3) is 10.8 Å². The minimum absolute atomic E-state index is 0.0517. The number of phenols is 1. The molecule has 2 aliphatic heterocycles. The lowest BCUT2D eigenvalue weighted by molar-refractivity contribution is -0.131. The Kier molecular flexibility index (Phi) is 8.62. The van der Waals surface area contributed by atoms with E-state index in [4.69, 9.17) is 11.6 Å². The monoisotopic (exact) mass is 781 g/mol. The first-order chi connectivity index (χ1) is 27.4. The number of amides is 4. The van der Waals surface area contributed by atoms with Gasteiger partial charge in [-0.25, -0.2) is 9.29 Å². The summed E-state index contributed by atoms with van der Waals surface area (Å²) >= 11 is 6.15. The number of fused-ring (bicyclic) bond motifs is 5. The summed E-state index contributed by atoms with van der Waals surface area (Å²) in [6, 6.07) is 28.9. The largest absolute Gasteiger partial charge is 0.508 e. The molecule has 0 bridgehead atoms. The molecule has 9 rings (SSSR count). The third-order valence-corrected chi connectivity index (χ3v) is 12.7. The number of benzene rings is 5. The zero-order valence-electron chi connectivity index (χ0n) is 31.3. The predicted molar refractivity (Wildman–Crippen MR) is 216 cm³/mol. The van der Waals surface area contributed by atoms with Gasteiger partial charge in [0.05, 0.1) is 50.9 Å². The number of halogens is 2. The van der Waals surface area contributed by atoms with Crippen LogP contribution in [0, 0.1) is 34.9 Å². The highest BCUT2D eigenvalue weighted by Gasteiger charge is 2.68. The van der Waals surface area contributed by atoms with Crippen LogP contribution in [0.2, 0.25) is 5.02 Å². The number of hydrogen-bond acceptors (Lipinski definition) is 8. The van der Waals surface area contributed by atoms with Crippen molar-refractivity contribution in [2.45, 2.75) is 25.7 Å². The van der Waals surface area contributed by atoms with Crippen molar-refractivity contribution >= 4 is 74.4 Å². The first kappa shape index (κ1) is 36.4. The molecule has 0 radical (unpaired) electrons. The molecular weight excluding hydrogens is 745 g/mol. The number of carbonyl (C=O) groups is 4. The van der Waals surface area contributed by atoms with E-state index in [1.54, 1.807) is 43.3 Å². The van der Waals surface area contributed by atoms with Gasteiger partial charge in [-0.1, -0.05) is 53.6 Å². The van der Waals surface area contributed by atoms with Crippen LogP contribution in [-0.4, -0.2) is 42.8 Å². The molecular formula is C45H37ClFN5O5. The van der Waals surface area contributed by atoms with E-state index >= 15 is 0 Å². The van der Waals surface area contributed by atoms with Gasteiger partial charge >= 0.3 is 0 Å². The Morgan fingerprint density at radius 1 is 0.789 bits per heavy atom. The van der Waals surface area contributed by atoms with E-state index in [9.17, 15) is 28.7 Å². The smallest absolute Gasteiger partial charge is 0.241 e. The van der Waals surface area contributed by atoms with Gasteiger partial charge in [0.15, 0.2) is 0 Å². The highest BCUT2D eigenvalue weighted by molar-refractivity contribution is 6.32. The summed E-state index contributed by atoms with van der Waals surface area (Å²) in [5.74, 6) is -6.40. The Labute approximate surface area is 332 Å². The number of phenolic OH excluding ortho intramolecular Hbond substituents is 1. The van der Waals surface area contributed by atoms with E-state index in [0.717, 1.165) is 27.6 Å². The highest BCUT2D eigenvalue weighted by Crippen LogP contribution is 2.65. The molecule has 0 aromatic heterocycles. The molecule has 6 atom stereocenters. The quantitative estimate of drug-likeness (QED) is 0.104. The van der Waals surface area contributed by atoms with Gasteiger partial charge in [-0.15, -0.1) is 0 Å². The zero-order chi connectivity index (χ0) is 39.9. The molecule has 3 fully saturated rings. The van der Waals surface area contributed by atoms with Crippen LogP contribution >= 0.6 is 11.6 Å². The van der Waals surface area contributed by atoms with Crippen molar-refractivity contribution in [2.75, 3.05) is 28.8 Å². The summed E-state index contributed by atoms with van der Waals surface area (Å²) < 4.78 is 14.3. The fourth-order valence-electron chi connectivity index (χ4n) is 9.64. The van der Waals surface area contributed by atoms with Crippen LogP contribution in [0.3, 0.4) is 0 Å². The Hall–Kier alpha value is -6.20. The van der Waals surface area contributed by atoms with Crippen molar-refractivity contribution in [3.8, 4) is 5.75 Å². The number of aromatic hydroxyl groups is 1. The number of azo groups is 1. The number of anilines is 3. The van der Waals surface area contributed by atoms with Crippen LogP contribution in [0.1, 0.15) is 31.2 Å². The molecule has 0 unspecified atom stereocenters. The van der Waals surface area contributed by atoms with Gasteiger partial charge in [0, 0.05) is 31.3 Å². The van der Waals surface area contributed by atoms with Crippen LogP contribution in [0.4, 0.5) is 32.8 Å². The third-order valence-electron chi connectivity index (χ3n) is 12.4. The maximum absolute atomic E-state index is 14.9. The number of carbonyl (C=O) groups excluding carboxylic acids is 4. The highest BCUT2D eigenvalue weighted by atomic mass is 35.5. The fourth-order valence-corrected chi connectivity index (χ4v) is 9.81. The Morgan fingerprint density at radius 3 is 2.14 bits per heavy atom. The summed E-state index contributed by atoms with van der Waals surface area (Å²) in [6.07, 6.45) is 2.29. The molecule has 2 heterocycles. The first-order valence-corrected chi connectivity index (χ1v) is 19.2. The molecule has 5 aromatic carbocycles. The van der Waals surface area contributed by atoms with Gasteiger partial charge in [0.1, 0.15) is 11.6 Å². The van der Waals surface area contributed by atoms with Crippen molar-refractivity contribution in [3.63, 3.8) is 0 Å². The molecule has 10 nitrogen and oxygen atoms in total. The molecule has 1 N–H and O–H groups in total. The minimum Gasteiger partial charge on any atom is -0.508 e. The topological polar surface area (TPSA) is 123 Å². The van der Waals surface area contributed by atoms with Gasteiger partial charge in [0.25, 0.3) is 0 Å². The van der Waals surface area contributed by atoms with Crippen LogP contribution in [0.5, 0.6) is 5.75 Å². The molecule has 4 aliphatic rings. The lowest BCUT2D eigenvalue weighted by Crippen LogP contribution is -2.49. The molecule has 286 valence electrons. The Bertz CT molecular complexity index is 2590. The van der Waals surface area contributed by atoms with Crippen LogP contribution < -0.4 is 14.7 Å². The van der Waals surface area contributed by atoms with Crippen LogP contribution in [-0.2, 0) is 19.2 Å². The van der Waals surface area contributed by atoms with E-state index in [1.807, 2.05) is 73.6 Å². The van der Waals surface area contributed by atoms with Crippen molar-refractivity contribution in [2.24, 2.45) is 39.3 Å². The van der Waals surface area contributed by atoms with Crippen LogP contribution in [0.15, 0.2) is 125 Å². The normalized spacial score (nSPS) is 25.6. The Balaban J connectivity index is 1.09. The van der Waals surface area contributed by atoms with E-state index in [0.29, 0.717) is 28.0 Å². The molecule has 57 heavy (non-hydrogen) atoms. The number of allylic oxidation sites excluding steroid dienone is 2. The van der Waals surface area contributed by atoms with Gasteiger partial charge in [-0.05, 0) is 109 Å². The van der Waals surface area contributed by atoms with Crippen molar-refractivity contribution in [3.05, 3.63) is 131 Å². The summed E-state index contributed by atoms with van der Waals surface area (Å²) in [4.78, 5) is 62.6. The number of hydrogen-bond donors (Lipinski definition) is 1. The SMILES string of the molecule is CN(C)c1ccc(N=Nc2ccc(N3C(=O)[C@H]4[C@H](CC=C5[C@H]4C[C@H]4C(=O)N(c6ccc(F)c(Cl)c6)C(=O)[C@@]4(C)[C@H]5c4c(O)ccc5ccccc45)C3=O)cc2)cc1. The number of nitrogens with zero attached hydrogens (tertiary/aromatic N) is 5. The van der Waals surface area contributed by atoms with Crippen molar-refractivity contribution in [1.29, 1.82) is 0 Å². The van der Waals surface area contributed by atoms with E-state index in [1.165, 1.54) is 17.0 Å². The summed E-state index contributed by atoms with van der Waals surface area (Å²) in [6.45, 7) is 1.74. The second kappa shape index (κ2) is 13.5. The summed E-state index contributed by atoms with van der Waals surface area (Å²) in [7, 11) is 3.91. The molecule has 2 aliphatic carbocycles. The zero-order valence-corrected chi connectivity index (χ0v) is 32.0. The maximum atomic E-state index is 14.9. The van der Waals surface area contributed by atoms with Crippen molar-refractivity contribution in [1.82, 2.24) is 0 Å². The van der Waals surface area contributed by atoms with E-state index < -0.39 is 52.6 Å².